The fraction of sp³-hybridized carbons (Fsp3) is 0.300. The number of alkyl halides is 3. The number of benzene rings is 1. The van der Waals surface area contributed by atoms with Crippen LogP contribution in [0, 0.1) is 17.1 Å². The first kappa shape index (κ1) is 15.7. The molecule has 0 saturated heterocycles. The minimum Gasteiger partial charge on any atom is -0.323 e. The second-order valence-electron chi connectivity index (χ2n) is 3.21. The minimum absolute atomic E-state index is 0. The van der Waals surface area contributed by atoms with Gasteiger partial charge < -0.3 is 5.73 Å². The maximum atomic E-state index is 13.1. The normalized spacial score (nSPS) is 12.5. The predicted octanol–water partition coefficient (Wildman–Crippen LogP) is 3.18. The standard InChI is InChI=1S/C10H8F4N2.ClH/c11-8-5-6(9(16)3-4-15)1-2-7(8)10(12,13)14;/h1-2,5,9H,3,16H2;1H/t9-;/m1./s1. The average Bonchev–Trinajstić information content (AvgIpc) is 2.16. The fourth-order valence-corrected chi connectivity index (χ4v) is 1.21. The topological polar surface area (TPSA) is 49.8 Å². The van der Waals surface area contributed by atoms with Gasteiger partial charge in [0.25, 0.3) is 0 Å². The third kappa shape index (κ3) is 3.88. The van der Waals surface area contributed by atoms with Gasteiger partial charge in [-0.25, -0.2) is 4.39 Å². The van der Waals surface area contributed by atoms with Crippen molar-refractivity contribution in [2.24, 2.45) is 5.73 Å². The van der Waals surface area contributed by atoms with Crippen LogP contribution in [-0.2, 0) is 6.18 Å². The van der Waals surface area contributed by atoms with Crippen LogP contribution in [0.5, 0.6) is 0 Å². The summed E-state index contributed by atoms with van der Waals surface area (Å²) in [6.07, 6.45) is -4.80. The molecule has 0 aliphatic heterocycles. The van der Waals surface area contributed by atoms with Crippen LogP contribution in [0.15, 0.2) is 18.2 Å². The highest BCUT2D eigenvalue weighted by Gasteiger charge is 2.34. The zero-order chi connectivity index (χ0) is 12.3. The average molecular weight is 269 g/mol. The van der Waals surface area contributed by atoms with E-state index in [1.54, 1.807) is 6.07 Å². The number of nitrogens with two attached hydrogens (primary N) is 1. The molecule has 1 atom stereocenters. The van der Waals surface area contributed by atoms with Crippen molar-refractivity contribution in [2.45, 2.75) is 18.6 Å². The molecule has 94 valence electrons. The summed E-state index contributed by atoms with van der Waals surface area (Å²) in [4.78, 5) is 0. The summed E-state index contributed by atoms with van der Waals surface area (Å²) in [6, 6.07) is 3.40. The monoisotopic (exact) mass is 268 g/mol. The molecule has 0 aromatic heterocycles. The highest BCUT2D eigenvalue weighted by molar-refractivity contribution is 5.85. The van der Waals surface area contributed by atoms with E-state index in [1.807, 2.05) is 0 Å². The summed E-state index contributed by atoms with van der Waals surface area (Å²) in [5.74, 6) is -1.38. The third-order valence-corrected chi connectivity index (χ3v) is 2.04. The number of hydrogen-bond donors (Lipinski definition) is 1. The Morgan fingerprint density at radius 2 is 1.94 bits per heavy atom. The molecule has 0 spiro atoms. The minimum atomic E-state index is -4.72. The molecule has 0 amide bonds. The molecule has 0 heterocycles. The van der Waals surface area contributed by atoms with E-state index in [0.717, 1.165) is 6.07 Å². The fourth-order valence-electron chi connectivity index (χ4n) is 1.21. The van der Waals surface area contributed by atoms with Gasteiger partial charge in [-0.3, -0.25) is 0 Å². The number of halogens is 5. The van der Waals surface area contributed by atoms with Crippen LogP contribution in [0.25, 0.3) is 0 Å². The molecular formula is C10H9ClF4N2. The third-order valence-electron chi connectivity index (χ3n) is 2.04. The second-order valence-corrected chi connectivity index (χ2v) is 3.21. The molecule has 7 heteroatoms. The number of nitriles is 1. The summed E-state index contributed by atoms with van der Waals surface area (Å²) in [5, 5.41) is 8.35. The van der Waals surface area contributed by atoms with Gasteiger partial charge in [0, 0.05) is 6.04 Å². The van der Waals surface area contributed by atoms with Crippen LogP contribution in [0.4, 0.5) is 17.6 Å². The lowest BCUT2D eigenvalue weighted by molar-refractivity contribution is -0.140. The molecule has 0 bridgehead atoms. The van der Waals surface area contributed by atoms with Crippen LogP contribution in [-0.4, -0.2) is 0 Å². The smallest absolute Gasteiger partial charge is 0.323 e. The molecule has 1 aromatic rings. The highest BCUT2D eigenvalue weighted by Crippen LogP contribution is 2.32. The van der Waals surface area contributed by atoms with Gasteiger partial charge in [0.1, 0.15) is 5.82 Å². The van der Waals surface area contributed by atoms with E-state index >= 15 is 0 Å². The molecule has 0 fully saturated rings. The van der Waals surface area contributed by atoms with Gasteiger partial charge in [-0.15, -0.1) is 12.4 Å². The zero-order valence-electron chi connectivity index (χ0n) is 8.46. The summed E-state index contributed by atoms with van der Waals surface area (Å²) in [7, 11) is 0. The Labute approximate surface area is 101 Å². The Hall–Kier alpha value is -1.32. The molecule has 0 aliphatic rings. The largest absolute Gasteiger partial charge is 0.419 e. The summed E-state index contributed by atoms with van der Waals surface area (Å²) < 4.78 is 49.7. The Morgan fingerprint density at radius 3 is 2.35 bits per heavy atom. The highest BCUT2D eigenvalue weighted by atomic mass is 35.5. The maximum absolute atomic E-state index is 13.1. The predicted molar refractivity (Wildman–Crippen MR) is 55.8 cm³/mol. The van der Waals surface area contributed by atoms with Crippen LogP contribution in [0.1, 0.15) is 23.6 Å². The van der Waals surface area contributed by atoms with Gasteiger partial charge >= 0.3 is 6.18 Å². The lowest BCUT2D eigenvalue weighted by Gasteiger charge is -2.12. The molecule has 0 saturated carbocycles. The van der Waals surface area contributed by atoms with Crippen molar-refractivity contribution in [3.63, 3.8) is 0 Å². The first-order chi connectivity index (χ1) is 7.36. The Balaban J connectivity index is 0.00000256. The van der Waals surface area contributed by atoms with Crippen molar-refractivity contribution in [3.8, 4) is 6.07 Å². The van der Waals surface area contributed by atoms with Gasteiger partial charge in [0.05, 0.1) is 18.1 Å². The molecule has 2 nitrogen and oxygen atoms in total. The van der Waals surface area contributed by atoms with Gasteiger partial charge in [-0.05, 0) is 17.7 Å². The molecular weight excluding hydrogens is 260 g/mol. The Bertz CT molecular complexity index is 425. The second kappa shape index (κ2) is 5.84. The van der Waals surface area contributed by atoms with Gasteiger partial charge in [0.15, 0.2) is 0 Å². The van der Waals surface area contributed by atoms with Crippen LogP contribution < -0.4 is 5.73 Å². The molecule has 0 radical (unpaired) electrons. The Morgan fingerprint density at radius 1 is 1.35 bits per heavy atom. The molecule has 17 heavy (non-hydrogen) atoms. The van der Waals surface area contributed by atoms with Gasteiger partial charge in [-0.2, -0.15) is 18.4 Å². The Kier molecular flexibility index (Phi) is 5.39. The van der Waals surface area contributed by atoms with Crippen molar-refractivity contribution in [1.82, 2.24) is 0 Å². The van der Waals surface area contributed by atoms with Crippen molar-refractivity contribution in [1.29, 1.82) is 5.26 Å². The van der Waals surface area contributed by atoms with Crippen molar-refractivity contribution < 1.29 is 17.6 Å². The maximum Gasteiger partial charge on any atom is 0.419 e. The number of hydrogen-bond acceptors (Lipinski definition) is 2. The molecule has 2 N–H and O–H groups in total. The SMILES string of the molecule is Cl.N#CC[C@@H](N)c1ccc(C(F)(F)F)c(F)c1. The van der Waals surface area contributed by atoms with E-state index in [2.05, 4.69) is 0 Å². The van der Waals surface area contributed by atoms with Crippen LogP contribution in [0.3, 0.4) is 0 Å². The van der Waals surface area contributed by atoms with E-state index in [4.69, 9.17) is 11.0 Å². The lowest BCUT2D eigenvalue weighted by Crippen LogP contribution is -2.12. The first-order valence-electron chi connectivity index (χ1n) is 4.35. The van der Waals surface area contributed by atoms with E-state index < -0.39 is 23.6 Å². The summed E-state index contributed by atoms with van der Waals surface area (Å²) in [5.41, 5.74) is 4.30. The quantitative estimate of drug-likeness (QED) is 0.838. The molecule has 1 rings (SSSR count). The van der Waals surface area contributed by atoms with Crippen molar-refractivity contribution in [3.05, 3.63) is 35.1 Å². The molecule has 1 aromatic carbocycles. The van der Waals surface area contributed by atoms with Crippen molar-refractivity contribution >= 4 is 12.4 Å². The van der Waals surface area contributed by atoms with E-state index in [1.165, 1.54) is 0 Å². The van der Waals surface area contributed by atoms with E-state index in [0.29, 0.717) is 12.1 Å². The molecule has 0 unspecified atom stereocenters. The van der Waals surface area contributed by atoms with E-state index in [-0.39, 0.29) is 24.4 Å². The van der Waals surface area contributed by atoms with Crippen molar-refractivity contribution in [2.75, 3.05) is 0 Å². The van der Waals surface area contributed by atoms with Gasteiger partial charge in [0.2, 0.25) is 0 Å². The van der Waals surface area contributed by atoms with Gasteiger partial charge in [-0.1, -0.05) is 6.07 Å². The lowest BCUT2D eigenvalue weighted by atomic mass is 10.0. The number of nitrogens with zero attached hydrogens (tertiary/aromatic N) is 1. The first-order valence-corrected chi connectivity index (χ1v) is 4.35. The van der Waals surface area contributed by atoms with Crippen LogP contribution >= 0.6 is 12.4 Å². The molecule has 0 aliphatic carbocycles. The summed E-state index contributed by atoms with van der Waals surface area (Å²) in [6.45, 7) is 0. The van der Waals surface area contributed by atoms with Crippen LogP contribution in [0.2, 0.25) is 0 Å². The van der Waals surface area contributed by atoms with E-state index in [9.17, 15) is 17.6 Å². The number of rotatable bonds is 2. The zero-order valence-corrected chi connectivity index (χ0v) is 9.28. The summed E-state index contributed by atoms with van der Waals surface area (Å²) >= 11 is 0.